The minimum atomic E-state index is -0.845. The summed E-state index contributed by atoms with van der Waals surface area (Å²) in [7, 11) is 0. The third-order valence-corrected chi connectivity index (χ3v) is 18.3. The molecule has 0 spiro atoms. The maximum absolute atomic E-state index is 12.5. The number of allylic oxidation sites excluding steroid dienone is 7. The molecule has 0 radical (unpaired) electrons. The molecular weight excluding hydrogens is 1070 g/mol. The molecule has 0 bridgehead atoms. The van der Waals surface area contributed by atoms with Gasteiger partial charge in [-0.05, 0) is 89.9 Å². The second kappa shape index (κ2) is 76.3. The summed E-state index contributed by atoms with van der Waals surface area (Å²) in [4.78, 5) is 24.6. The Morgan fingerprint density at radius 2 is 0.575 bits per heavy atom. The average molecular weight is 1220 g/mol. The normalized spacial score (nSPS) is 12.7. The van der Waals surface area contributed by atoms with Crippen LogP contribution in [0, 0.1) is 0 Å². The van der Waals surface area contributed by atoms with Crippen LogP contribution in [0.1, 0.15) is 431 Å². The van der Waals surface area contributed by atoms with Gasteiger partial charge in [0.2, 0.25) is 5.91 Å². The highest BCUT2D eigenvalue weighted by atomic mass is 16.5. The fourth-order valence-corrected chi connectivity index (χ4v) is 12.3. The second-order valence-electron chi connectivity index (χ2n) is 27.0. The Labute approximate surface area is 544 Å². The van der Waals surface area contributed by atoms with Crippen molar-refractivity contribution in [1.82, 2.24) is 5.32 Å². The first-order chi connectivity index (χ1) is 43.0. The van der Waals surface area contributed by atoms with E-state index in [2.05, 4.69) is 55.6 Å². The van der Waals surface area contributed by atoms with E-state index in [9.17, 15) is 19.8 Å². The monoisotopic (exact) mass is 1220 g/mol. The van der Waals surface area contributed by atoms with Crippen molar-refractivity contribution >= 4 is 11.9 Å². The Morgan fingerprint density at radius 1 is 0.322 bits per heavy atom. The van der Waals surface area contributed by atoms with E-state index < -0.39 is 12.1 Å². The largest absolute Gasteiger partial charge is 0.466 e. The van der Waals surface area contributed by atoms with Crippen LogP contribution in [-0.4, -0.2) is 47.4 Å². The first kappa shape index (κ1) is 84.8. The Hall–Kier alpha value is -2.18. The molecular formula is C81H153NO5. The molecule has 512 valence electrons. The number of amides is 1. The smallest absolute Gasteiger partial charge is 0.305 e. The van der Waals surface area contributed by atoms with Gasteiger partial charge in [0.25, 0.3) is 0 Å². The molecule has 6 heteroatoms. The van der Waals surface area contributed by atoms with E-state index in [0.717, 1.165) is 51.4 Å². The number of nitrogens with one attached hydrogen (secondary N) is 1. The number of aliphatic hydroxyl groups excluding tert-OH is 2. The first-order valence-corrected chi connectivity index (χ1v) is 39.4. The number of rotatable bonds is 74. The topological polar surface area (TPSA) is 95.9 Å². The lowest BCUT2D eigenvalue weighted by Crippen LogP contribution is -2.45. The summed E-state index contributed by atoms with van der Waals surface area (Å²) in [5, 5.41) is 23.3. The van der Waals surface area contributed by atoms with Crippen LogP contribution in [0.25, 0.3) is 0 Å². The molecule has 0 heterocycles. The fourth-order valence-electron chi connectivity index (χ4n) is 12.3. The fraction of sp³-hybridized carbons (Fsp3) is 0.877. The average Bonchev–Trinajstić information content (AvgIpc) is 3.53. The van der Waals surface area contributed by atoms with Gasteiger partial charge in [0, 0.05) is 12.8 Å². The molecule has 0 rings (SSSR count). The van der Waals surface area contributed by atoms with Crippen LogP contribution in [0.15, 0.2) is 48.6 Å². The van der Waals surface area contributed by atoms with Crippen molar-refractivity contribution in [3.05, 3.63) is 48.6 Å². The molecule has 87 heavy (non-hydrogen) atoms. The van der Waals surface area contributed by atoms with Crippen LogP contribution in [0.3, 0.4) is 0 Å². The first-order valence-electron chi connectivity index (χ1n) is 39.4. The maximum Gasteiger partial charge on any atom is 0.305 e. The highest BCUT2D eigenvalue weighted by Crippen LogP contribution is 2.19. The molecule has 0 aromatic rings. The lowest BCUT2D eigenvalue weighted by atomic mass is 10.0. The molecule has 0 fully saturated rings. The van der Waals surface area contributed by atoms with E-state index in [1.165, 1.54) is 353 Å². The molecule has 2 atom stereocenters. The maximum atomic E-state index is 12.5. The van der Waals surface area contributed by atoms with Crippen LogP contribution < -0.4 is 5.32 Å². The molecule has 0 aromatic heterocycles. The molecule has 3 N–H and O–H groups in total. The third-order valence-electron chi connectivity index (χ3n) is 18.3. The lowest BCUT2D eigenvalue weighted by Gasteiger charge is -2.20. The van der Waals surface area contributed by atoms with Gasteiger partial charge in [-0.2, -0.15) is 0 Å². The number of hydrogen-bond acceptors (Lipinski definition) is 5. The Balaban J connectivity index is 3.39. The lowest BCUT2D eigenvalue weighted by molar-refractivity contribution is -0.143. The Bertz CT molecular complexity index is 1450. The van der Waals surface area contributed by atoms with Crippen molar-refractivity contribution in [3.8, 4) is 0 Å². The molecule has 0 saturated heterocycles. The van der Waals surface area contributed by atoms with Gasteiger partial charge in [0.1, 0.15) is 0 Å². The summed E-state index contributed by atoms with van der Waals surface area (Å²) in [5.41, 5.74) is 0. The van der Waals surface area contributed by atoms with Gasteiger partial charge in [-0.15, -0.1) is 0 Å². The van der Waals surface area contributed by atoms with Crippen molar-refractivity contribution in [2.24, 2.45) is 0 Å². The predicted octanol–water partition coefficient (Wildman–Crippen LogP) is 26.0. The third kappa shape index (κ3) is 72.8. The molecule has 0 saturated carbocycles. The van der Waals surface area contributed by atoms with Crippen LogP contribution in [0.5, 0.6) is 0 Å². The van der Waals surface area contributed by atoms with Gasteiger partial charge in [-0.1, -0.05) is 377 Å². The highest BCUT2D eigenvalue weighted by molar-refractivity contribution is 5.76. The van der Waals surface area contributed by atoms with Crippen molar-refractivity contribution < 1.29 is 24.5 Å². The van der Waals surface area contributed by atoms with Crippen molar-refractivity contribution in [3.63, 3.8) is 0 Å². The van der Waals surface area contributed by atoms with Gasteiger partial charge < -0.3 is 20.3 Å². The number of hydrogen-bond donors (Lipinski definition) is 3. The summed E-state index contributed by atoms with van der Waals surface area (Å²) in [5.74, 6) is -0.0516. The van der Waals surface area contributed by atoms with Crippen LogP contribution in [-0.2, 0) is 14.3 Å². The number of carbonyl (C=O) groups excluding carboxylic acids is 2. The zero-order valence-corrected chi connectivity index (χ0v) is 58.8. The van der Waals surface area contributed by atoms with Gasteiger partial charge in [0.15, 0.2) is 0 Å². The number of unbranched alkanes of at least 4 members (excludes halogenated alkanes) is 57. The molecule has 0 aliphatic heterocycles. The molecule has 6 nitrogen and oxygen atoms in total. The zero-order valence-electron chi connectivity index (χ0n) is 58.8. The van der Waals surface area contributed by atoms with Gasteiger partial charge in [-0.3, -0.25) is 9.59 Å². The van der Waals surface area contributed by atoms with Crippen LogP contribution >= 0.6 is 0 Å². The summed E-state index contributed by atoms with van der Waals surface area (Å²) < 4.78 is 5.50. The van der Waals surface area contributed by atoms with Crippen molar-refractivity contribution in [2.75, 3.05) is 13.2 Å². The molecule has 0 aromatic carbocycles. The zero-order chi connectivity index (χ0) is 62.8. The van der Waals surface area contributed by atoms with E-state index in [4.69, 9.17) is 4.74 Å². The summed E-state index contributed by atoms with van der Waals surface area (Å²) in [6, 6.07) is -0.628. The highest BCUT2D eigenvalue weighted by Gasteiger charge is 2.18. The van der Waals surface area contributed by atoms with E-state index in [-0.39, 0.29) is 18.5 Å². The quantitative estimate of drug-likeness (QED) is 0.0320. The Kier molecular flexibility index (Phi) is 74.4. The Morgan fingerprint density at radius 3 is 0.908 bits per heavy atom. The van der Waals surface area contributed by atoms with Crippen molar-refractivity contribution in [1.29, 1.82) is 0 Å². The van der Waals surface area contributed by atoms with E-state index in [1.54, 1.807) is 6.08 Å². The standard InChI is InChI=1S/C81H153NO5/c1-3-5-7-9-11-13-15-17-19-21-22-23-35-38-42-45-49-53-57-61-65-69-73-79(84)78(77-83)82-80(85)74-70-66-62-58-54-50-46-43-39-36-33-31-29-27-25-24-26-28-30-32-34-37-40-44-48-52-56-60-64-68-72-76-87-81(86)75-71-67-63-59-55-51-47-41-20-18-16-14-12-10-8-6-4-2/h12,14,18,20,26,28,69,73,78-79,83-84H,3-11,13,15-17,19,21-25,27,29-68,70-72,74-77H2,1-2H3,(H,82,85)/b14-12-,20-18-,28-26-,73-69+. The van der Waals surface area contributed by atoms with Crippen LogP contribution in [0.2, 0.25) is 0 Å². The van der Waals surface area contributed by atoms with Gasteiger partial charge in [-0.25, -0.2) is 0 Å². The van der Waals surface area contributed by atoms with Gasteiger partial charge in [0.05, 0.1) is 25.4 Å². The summed E-state index contributed by atoms with van der Waals surface area (Å²) in [6.07, 6.45) is 101. The SMILES string of the molecule is CCCCC/C=C\C/C=C\CCCCCCCCCC(=O)OCCCCCCCCCCCCCC/C=C\CCCCCCCCCCCCCCCCCC(=O)NC(CO)C(O)/C=C/CCCCCCCCCCCCCCCCCCCCCC. The second-order valence-corrected chi connectivity index (χ2v) is 27.0. The van der Waals surface area contributed by atoms with Crippen LogP contribution in [0.4, 0.5) is 0 Å². The van der Waals surface area contributed by atoms with E-state index in [0.29, 0.717) is 19.4 Å². The minimum absolute atomic E-state index is 0.0101. The predicted molar refractivity (Wildman–Crippen MR) is 384 cm³/mol. The van der Waals surface area contributed by atoms with E-state index in [1.807, 2.05) is 6.08 Å². The van der Waals surface area contributed by atoms with E-state index >= 15 is 0 Å². The number of carbonyl (C=O) groups is 2. The summed E-state index contributed by atoms with van der Waals surface area (Å²) in [6.45, 7) is 4.92. The summed E-state index contributed by atoms with van der Waals surface area (Å²) >= 11 is 0. The molecule has 1 amide bonds. The minimum Gasteiger partial charge on any atom is -0.466 e. The number of esters is 1. The number of ether oxygens (including phenoxy) is 1. The van der Waals surface area contributed by atoms with Gasteiger partial charge >= 0.3 is 5.97 Å². The number of aliphatic hydroxyl groups is 2. The molecule has 0 aliphatic rings. The molecule has 2 unspecified atom stereocenters. The van der Waals surface area contributed by atoms with Crippen molar-refractivity contribution in [2.45, 2.75) is 443 Å². The molecule has 0 aliphatic carbocycles.